The van der Waals surface area contributed by atoms with Gasteiger partial charge in [0, 0.05) is 36.7 Å². The van der Waals surface area contributed by atoms with Gasteiger partial charge in [-0.15, -0.1) is 0 Å². The molecule has 0 spiro atoms. The fourth-order valence-corrected chi connectivity index (χ4v) is 4.19. The molecule has 0 aliphatic heterocycles. The zero-order valence-corrected chi connectivity index (χ0v) is 22.7. The molecule has 0 fully saturated rings. The predicted octanol–water partition coefficient (Wildman–Crippen LogP) is 5.19. The van der Waals surface area contributed by atoms with E-state index in [9.17, 15) is 19.7 Å². The maximum Gasteiger partial charge on any atom is 0.311 e. The van der Waals surface area contributed by atoms with Crippen molar-refractivity contribution >= 4 is 29.1 Å². The highest BCUT2D eigenvalue weighted by atomic mass is 35.5. The number of unbranched alkanes of at least 4 members (excludes halogenated alkanes) is 1. The van der Waals surface area contributed by atoms with E-state index >= 15 is 0 Å². The molecule has 39 heavy (non-hydrogen) atoms. The van der Waals surface area contributed by atoms with Crippen LogP contribution in [0.15, 0.2) is 72.8 Å². The fourth-order valence-electron chi connectivity index (χ4n) is 4.00. The summed E-state index contributed by atoms with van der Waals surface area (Å²) >= 11 is 6.43. The average molecular weight is 554 g/mol. The highest BCUT2D eigenvalue weighted by Crippen LogP contribution is 2.31. The van der Waals surface area contributed by atoms with Gasteiger partial charge in [0.2, 0.25) is 11.7 Å². The van der Waals surface area contributed by atoms with Gasteiger partial charge in [-0.3, -0.25) is 19.7 Å². The van der Waals surface area contributed by atoms with Crippen LogP contribution >= 0.6 is 11.6 Å². The molecule has 0 bridgehead atoms. The van der Waals surface area contributed by atoms with Crippen molar-refractivity contribution in [3.8, 4) is 11.5 Å². The largest absolute Gasteiger partial charge is 0.490 e. The number of amides is 2. The summed E-state index contributed by atoms with van der Waals surface area (Å²) < 4.78 is 10.8. The Morgan fingerprint density at radius 2 is 1.79 bits per heavy atom. The summed E-state index contributed by atoms with van der Waals surface area (Å²) in [6.07, 6.45) is 2.02. The number of carbonyl (C=O) groups is 2. The quantitative estimate of drug-likeness (QED) is 0.167. The lowest BCUT2D eigenvalue weighted by Crippen LogP contribution is -2.51. The van der Waals surface area contributed by atoms with Gasteiger partial charge in [-0.05, 0) is 29.7 Å². The standard InChI is InChI=1S/C29H32ClN3O6/c1-3-4-16-31-29(35)26(17-21-10-6-5-7-11-21)32(19-22-12-8-9-13-24(22)30)28(34)20-39-23-14-15-25(33(36)37)27(18-23)38-2/h5-15,18,26H,3-4,16-17,19-20H2,1-2H3,(H,31,35). The molecule has 1 unspecified atom stereocenters. The molecule has 0 aliphatic carbocycles. The normalized spacial score (nSPS) is 11.4. The molecule has 206 valence electrons. The third-order valence-electron chi connectivity index (χ3n) is 6.11. The van der Waals surface area contributed by atoms with Crippen molar-refractivity contribution in [3.63, 3.8) is 0 Å². The van der Waals surface area contributed by atoms with Crippen molar-refractivity contribution in [3.05, 3.63) is 99.1 Å². The third-order valence-corrected chi connectivity index (χ3v) is 6.48. The minimum Gasteiger partial charge on any atom is -0.490 e. The number of benzene rings is 3. The highest BCUT2D eigenvalue weighted by Gasteiger charge is 2.31. The third kappa shape index (κ3) is 8.44. The Kier molecular flexibility index (Phi) is 11.1. The van der Waals surface area contributed by atoms with Crippen molar-refractivity contribution in [2.45, 2.75) is 38.8 Å². The number of rotatable bonds is 14. The van der Waals surface area contributed by atoms with Gasteiger partial charge in [-0.1, -0.05) is 73.5 Å². The zero-order chi connectivity index (χ0) is 28.2. The van der Waals surface area contributed by atoms with E-state index in [-0.39, 0.29) is 29.6 Å². The summed E-state index contributed by atoms with van der Waals surface area (Å²) in [5, 5.41) is 14.6. The van der Waals surface area contributed by atoms with Gasteiger partial charge in [0.25, 0.3) is 5.91 Å². The molecule has 0 heterocycles. The van der Waals surface area contributed by atoms with E-state index in [2.05, 4.69) is 5.32 Å². The molecule has 2 amide bonds. The second-order valence-corrected chi connectivity index (χ2v) is 9.25. The number of nitrogens with one attached hydrogen (secondary N) is 1. The summed E-state index contributed by atoms with van der Waals surface area (Å²) in [6.45, 7) is 2.21. The van der Waals surface area contributed by atoms with E-state index in [0.29, 0.717) is 23.6 Å². The first-order chi connectivity index (χ1) is 18.8. The summed E-state index contributed by atoms with van der Waals surface area (Å²) in [4.78, 5) is 39.2. The van der Waals surface area contributed by atoms with Gasteiger partial charge < -0.3 is 19.7 Å². The zero-order valence-electron chi connectivity index (χ0n) is 22.0. The Morgan fingerprint density at radius 3 is 2.46 bits per heavy atom. The highest BCUT2D eigenvalue weighted by molar-refractivity contribution is 6.31. The van der Waals surface area contributed by atoms with Crippen LogP contribution in [0.2, 0.25) is 5.02 Å². The predicted molar refractivity (Wildman–Crippen MR) is 149 cm³/mol. The number of halogens is 1. The van der Waals surface area contributed by atoms with E-state index < -0.39 is 23.5 Å². The van der Waals surface area contributed by atoms with Gasteiger partial charge in [0.1, 0.15) is 11.8 Å². The first kappa shape index (κ1) is 29.4. The fraction of sp³-hybridized carbons (Fsp3) is 0.310. The van der Waals surface area contributed by atoms with Crippen molar-refractivity contribution in [2.75, 3.05) is 20.3 Å². The molecule has 0 saturated carbocycles. The molecular weight excluding hydrogens is 522 g/mol. The molecule has 3 rings (SSSR count). The van der Waals surface area contributed by atoms with Crippen molar-refractivity contribution < 1.29 is 24.0 Å². The van der Waals surface area contributed by atoms with Crippen LogP contribution in [0.25, 0.3) is 0 Å². The van der Waals surface area contributed by atoms with Crippen LogP contribution < -0.4 is 14.8 Å². The maximum atomic E-state index is 13.7. The lowest BCUT2D eigenvalue weighted by atomic mass is 10.0. The number of methoxy groups -OCH3 is 1. The van der Waals surface area contributed by atoms with Crippen LogP contribution in [0.1, 0.15) is 30.9 Å². The van der Waals surface area contributed by atoms with Crippen LogP contribution in [-0.2, 0) is 22.6 Å². The smallest absolute Gasteiger partial charge is 0.311 e. The van der Waals surface area contributed by atoms with Crippen LogP contribution in [-0.4, -0.2) is 47.9 Å². The number of ether oxygens (including phenoxy) is 2. The van der Waals surface area contributed by atoms with Crippen LogP contribution in [0.3, 0.4) is 0 Å². The second-order valence-electron chi connectivity index (χ2n) is 8.84. The number of nitro groups is 1. The number of hydrogen-bond donors (Lipinski definition) is 1. The SMILES string of the molecule is CCCCNC(=O)C(Cc1ccccc1)N(Cc1ccccc1Cl)C(=O)COc1ccc([N+](=O)[O-])c(OC)c1. The van der Waals surface area contributed by atoms with Gasteiger partial charge in [-0.25, -0.2) is 0 Å². The van der Waals surface area contributed by atoms with Gasteiger partial charge >= 0.3 is 5.69 Å². The van der Waals surface area contributed by atoms with Crippen molar-refractivity contribution in [1.82, 2.24) is 10.2 Å². The Labute approximate surface area is 232 Å². The van der Waals surface area contributed by atoms with Gasteiger partial charge in [-0.2, -0.15) is 0 Å². The first-order valence-electron chi connectivity index (χ1n) is 12.6. The van der Waals surface area contributed by atoms with E-state index in [1.54, 1.807) is 18.2 Å². The van der Waals surface area contributed by atoms with E-state index in [4.69, 9.17) is 21.1 Å². The summed E-state index contributed by atoms with van der Waals surface area (Å²) in [5.74, 6) is -0.492. The molecule has 10 heteroatoms. The number of nitrogens with zero attached hydrogens (tertiary/aromatic N) is 2. The Bertz CT molecular complexity index is 1270. The van der Waals surface area contributed by atoms with E-state index in [1.165, 1.54) is 30.2 Å². The lowest BCUT2D eigenvalue weighted by molar-refractivity contribution is -0.385. The summed E-state index contributed by atoms with van der Waals surface area (Å²) in [5.41, 5.74) is 1.36. The molecule has 0 aromatic heterocycles. The van der Waals surface area contributed by atoms with E-state index in [1.807, 2.05) is 43.3 Å². The maximum absolute atomic E-state index is 13.7. The Morgan fingerprint density at radius 1 is 1.08 bits per heavy atom. The number of hydrogen-bond acceptors (Lipinski definition) is 6. The Hall–Kier alpha value is -4.11. The second kappa shape index (κ2) is 14.7. The lowest BCUT2D eigenvalue weighted by Gasteiger charge is -2.31. The van der Waals surface area contributed by atoms with Crippen LogP contribution in [0.4, 0.5) is 5.69 Å². The minimum absolute atomic E-state index is 0.00938. The average Bonchev–Trinajstić information content (AvgIpc) is 2.94. The summed E-state index contributed by atoms with van der Waals surface area (Å²) in [7, 11) is 1.31. The van der Waals surface area contributed by atoms with Crippen LogP contribution in [0, 0.1) is 10.1 Å². The number of carbonyl (C=O) groups excluding carboxylic acids is 2. The molecule has 0 aliphatic rings. The minimum atomic E-state index is -0.831. The van der Waals surface area contributed by atoms with Crippen LogP contribution in [0.5, 0.6) is 11.5 Å². The number of nitro benzene ring substituents is 1. The molecule has 9 nitrogen and oxygen atoms in total. The van der Waals surface area contributed by atoms with Crippen molar-refractivity contribution in [2.24, 2.45) is 0 Å². The molecule has 0 radical (unpaired) electrons. The first-order valence-corrected chi connectivity index (χ1v) is 13.0. The molecule has 3 aromatic rings. The topological polar surface area (TPSA) is 111 Å². The van der Waals surface area contributed by atoms with Gasteiger partial charge in [0.05, 0.1) is 12.0 Å². The molecule has 3 aromatic carbocycles. The molecular formula is C29H32ClN3O6. The monoisotopic (exact) mass is 553 g/mol. The van der Waals surface area contributed by atoms with Gasteiger partial charge in [0.15, 0.2) is 6.61 Å². The molecule has 1 N–H and O–H groups in total. The van der Waals surface area contributed by atoms with E-state index in [0.717, 1.165) is 18.4 Å². The summed E-state index contributed by atoms with van der Waals surface area (Å²) in [6, 6.07) is 19.8. The molecule has 1 atom stereocenters. The van der Waals surface area contributed by atoms with Crippen molar-refractivity contribution in [1.29, 1.82) is 0 Å². The molecule has 0 saturated heterocycles. The Balaban J connectivity index is 1.91.